The van der Waals surface area contributed by atoms with Crippen molar-refractivity contribution in [1.29, 1.82) is 0 Å². The molecule has 0 heterocycles. The molecule has 0 radical (unpaired) electrons. The smallest absolute Gasteiger partial charge is 0.232 e. The lowest BCUT2D eigenvalue weighted by molar-refractivity contribution is -0.118. The van der Waals surface area contributed by atoms with E-state index < -0.39 is 10.8 Å². The number of rotatable bonds is 7. The first-order valence-corrected chi connectivity index (χ1v) is 7.34. The molecular formula is C13H17NO4S. The number of hydrogen-bond acceptors (Lipinski definition) is 4. The first-order chi connectivity index (χ1) is 9.06. The van der Waals surface area contributed by atoms with Crippen LogP contribution in [0.2, 0.25) is 0 Å². The molecule has 0 aromatic heterocycles. The van der Waals surface area contributed by atoms with E-state index in [1.807, 2.05) is 0 Å². The number of nitrogens with one attached hydrogen (secondary N) is 1. The molecule has 19 heavy (non-hydrogen) atoms. The Kier molecular flexibility index (Phi) is 6.21. The summed E-state index contributed by atoms with van der Waals surface area (Å²) in [5.74, 6) is -0.311. The summed E-state index contributed by atoms with van der Waals surface area (Å²) in [6.45, 7) is 2.27. The Bertz CT molecular complexity index is 487. The van der Waals surface area contributed by atoms with E-state index in [0.29, 0.717) is 17.9 Å². The van der Waals surface area contributed by atoms with Crippen molar-refractivity contribution in [3.63, 3.8) is 0 Å². The van der Waals surface area contributed by atoms with E-state index in [4.69, 9.17) is 4.74 Å². The van der Waals surface area contributed by atoms with Crippen LogP contribution in [0.5, 0.6) is 5.75 Å². The second kappa shape index (κ2) is 7.68. The molecule has 104 valence electrons. The van der Waals surface area contributed by atoms with E-state index in [2.05, 4.69) is 5.32 Å². The quantitative estimate of drug-likeness (QED) is 0.750. The van der Waals surface area contributed by atoms with Crippen LogP contribution < -0.4 is 10.1 Å². The largest absolute Gasteiger partial charge is 0.497 e. The van der Waals surface area contributed by atoms with Gasteiger partial charge in [-0.1, -0.05) is 12.1 Å². The monoisotopic (exact) mass is 283 g/mol. The number of Topliss-reactive ketones (excluding diaryl/α,β-unsaturated/α-hetero) is 1. The highest BCUT2D eigenvalue weighted by atomic mass is 32.2. The van der Waals surface area contributed by atoms with Crippen molar-refractivity contribution in [2.45, 2.75) is 6.92 Å². The van der Waals surface area contributed by atoms with Crippen LogP contribution in [0.3, 0.4) is 0 Å². The third kappa shape index (κ3) is 5.21. The average Bonchev–Trinajstić information content (AvgIpc) is 2.38. The van der Waals surface area contributed by atoms with Gasteiger partial charge in [0.1, 0.15) is 11.5 Å². The SMILES string of the molecule is CCNC(=O)CS(=O)CC(=O)c1cccc(OC)c1. The van der Waals surface area contributed by atoms with Gasteiger partial charge < -0.3 is 10.1 Å². The zero-order valence-corrected chi connectivity index (χ0v) is 11.8. The van der Waals surface area contributed by atoms with Gasteiger partial charge in [-0.05, 0) is 19.1 Å². The average molecular weight is 283 g/mol. The van der Waals surface area contributed by atoms with Crippen LogP contribution in [0, 0.1) is 0 Å². The van der Waals surface area contributed by atoms with Gasteiger partial charge in [0.15, 0.2) is 5.78 Å². The van der Waals surface area contributed by atoms with Gasteiger partial charge >= 0.3 is 0 Å². The first-order valence-electron chi connectivity index (χ1n) is 5.85. The fourth-order valence-corrected chi connectivity index (χ4v) is 2.43. The highest BCUT2D eigenvalue weighted by Gasteiger charge is 2.14. The fourth-order valence-electron chi connectivity index (χ4n) is 1.47. The van der Waals surface area contributed by atoms with Gasteiger partial charge in [-0.25, -0.2) is 0 Å². The number of ether oxygens (including phenoxy) is 1. The molecule has 1 aromatic carbocycles. The molecule has 0 aliphatic heterocycles. The molecule has 1 atom stereocenters. The van der Waals surface area contributed by atoms with Crippen LogP contribution >= 0.6 is 0 Å². The zero-order chi connectivity index (χ0) is 14.3. The Labute approximate surface area is 114 Å². The van der Waals surface area contributed by atoms with Gasteiger partial charge in [-0.2, -0.15) is 0 Å². The number of amides is 1. The molecule has 1 N–H and O–H groups in total. The van der Waals surface area contributed by atoms with Gasteiger partial charge in [0.25, 0.3) is 0 Å². The Hall–Kier alpha value is -1.69. The van der Waals surface area contributed by atoms with Crippen LogP contribution in [0.25, 0.3) is 0 Å². The number of carbonyl (C=O) groups excluding carboxylic acids is 2. The first kappa shape index (κ1) is 15.4. The molecule has 1 rings (SSSR count). The molecule has 5 nitrogen and oxygen atoms in total. The second-order valence-electron chi connectivity index (χ2n) is 3.84. The predicted molar refractivity (Wildman–Crippen MR) is 73.9 cm³/mol. The predicted octanol–water partition coefficient (Wildman–Crippen LogP) is 0.763. The standard InChI is InChI=1S/C13H17NO4S/c1-3-14-13(16)9-19(17)8-12(15)10-5-4-6-11(7-10)18-2/h4-7H,3,8-9H2,1-2H3,(H,14,16). The Morgan fingerprint density at radius 1 is 1.32 bits per heavy atom. The van der Waals surface area contributed by atoms with Crippen molar-refractivity contribution < 1.29 is 18.5 Å². The Balaban J connectivity index is 2.59. The molecule has 0 aliphatic rings. The number of methoxy groups -OCH3 is 1. The molecule has 0 saturated carbocycles. The van der Waals surface area contributed by atoms with Crippen LogP contribution in [0.15, 0.2) is 24.3 Å². The van der Waals surface area contributed by atoms with Crippen LogP contribution in [-0.4, -0.2) is 41.1 Å². The molecule has 0 aliphatic carbocycles. The van der Waals surface area contributed by atoms with Gasteiger partial charge in [-0.15, -0.1) is 0 Å². The normalized spacial score (nSPS) is 11.7. The molecule has 6 heteroatoms. The Morgan fingerprint density at radius 3 is 2.68 bits per heavy atom. The summed E-state index contributed by atoms with van der Waals surface area (Å²) in [7, 11) is 0.0176. The number of carbonyl (C=O) groups is 2. The van der Waals surface area contributed by atoms with Crippen molar-refractivity contribution in [3.05, 3.63) is 29.8 Å². The number of hydrogen-bond donors (Lipinski definition) is 1. The maximum absolute atomic E-state index is 11.9. The summed E-state index contributed by atoms with van der Waals surface area (Å²) in [5, 5.41) is 2.54. The van der Waals surface area contributed by atoms with E-state index in [0.717, 1.165) is 0 Å². The van der Waals surface area contributed by atoms with Crippen LogP contribution in [-0.2, 0) is 15.6 Å². The molecule has 0 saturated heterocycles. The highest BCUT2D eigenvalue weighted by Crippen LogP contribution is 2.13. The lowest BCUT2D eigenvalue weighted by Crippen LogP contribution is -2.29. The van der Waals surface area contributed by atoms with Crippen LogP contribution in [0.1, 0.15) is 17.3 Å². The Morgan fingerprint density at radius 2 is 2.05 bits per heavy atom. The minimum Gasteiger partial charge on any atom is -0.497 e. The molecular weight excluding hydrogens is 266 g/mol. The molecule has 1 unspecified atom stereocenters. The topological polar surface area (TPSA) is 72.5 Å². The zero-order valence-electron chi connectivity index (χ0n) is 11.0. The van der Waals surface area contributed by atoms with Crippen molar-refractivity contribution in [2.24, 2.45) is 0 Å². The van der Waals surface area contributed by atoms with E-state index in [9.17, 15) is 13.8 Å². The summed E-state index contributed by atoms with van der Waals surface area (Å²) in [6.07, 6.45) is 0. The second-order valence-corrected chi connectivity index (χ2v) is 5.29. The van der Waals surface area contributed by atoms with E-state index in [1.165, 1.54) is 7.11 Å². The minimum absolute atomic E-state index is 0.149. The molecule has 0 spiro atoms. The summed E-state index contributed by atoms with van der Waals surface area (Å²) in [4.78, 5) is 23.1. The fraction of sp³-hybridized carbons (Fsp3) is 0.385. The minimum atomic E-state index is -1.49. The number of benzene rings is 1. The van der Waals surface area contributed by atoms with Crippen LogP contribution in [0.4, 0.5) is 0 Å². The lowest BCUT2D eigenvalue weighted by atomic mass is 10.1. The van der Waals surface area contributed by atoms with Gasteiger partial charge in [0.05, 0.1) is 12.9 Å². The summed E-state index contributed by atoms with van der Waals surface area (Å²) in [6, 6.07) is 6.64. The summed E-state index contributed by atoms with van der Waals surface area (Å²) < 4.78 is 16.7. The van der Waals surface area contributed by atoms with E-state index >= 15 is 0 Å². The van der Waals surface area contributed by atoms with Gasteiger partial charge in [-0.3, -0.25) is 13.8 Å². The highest BCUT2D eigenvalue weighted by molar-refractivity contribution is 7.86. The molecule has 1 amide bonds. The van der Waals surface area contributed by atoms with Gasteiger partial charge in [0, 0.05) is 22.9 Å². The maximum Gasteiger partial charge on any atom is 0.232 e. The summed E-state index contributed by atoms with van der Waals surface area (Å²) >= 11 is 0. The van der Waals surface area contributed by atoms with Gasteiger partial charge in [0.2, 0.25) is 5.91 Å². The lowest BCUT2D eigenvalue weighted by Gasteiger charge is -2.04. The van der Waals surface area contributed by atoms with Crippen molar-refractivity contribution >= 4 is 22.5 Å². The molecule has 0 fully saturated rings. The van der Waals surface area contributed by atoms with Crippen molar-refractivity contribution in [1.82, 2.24) is 5.32 Å². The number of ketones is 1. The molecule has 1 aromatic rings. The van der Waals surface area contributed by atoms with Crippen molar-refractivity contribution in [3.8, 4) is 5.75 Å². The molecule has 0 bridgehead atoms. The third-order valence-electron chi connectivity index (χ3n) is 2.35. The van der Waals surface area contributed by atoms with E-state index in [-0.39, 0.29) is 23.2 Å². The summed E-state index contributed by atoms with van der Waals surface area (Å²) in [5.41, 5.74) is 0.434. The third-order valence-corrected chi connectivity index (χ3v) is 3.52. The van der Waals surface area contributed by atoms with Crippen molar-refractivity contribution in [2.75, 3.05) is 25.2 Å². The maximum atomic E-state index is 11.9. The van der Waals surface area contributed by atoms with E-state index in [1.54, 1.807) is 31.2 Å².